The van der Waals surface area contributed by atoms with E-state index in [0.29, 0.717) is 12.9 Å². The molecule has 2 fully saturated rings. The molecule has 1 unspecified atom stereocenters. The van der Waals surface area contributed by atoms with Gasteiger partial charge in [0.25, 0.3) is 0 Å². The normalized spacial score (nSPS) is 31.4. The van der Waals surface area contributed by atoms with Crippen LogP contribution >= 0.6 is 0 Å². The lowest BCUT2D eigenvalue weighted by Gasteiger charge is -2.42. The maximum absolute atomic E-state index is 12.2. The second kappa shape index (κ2) is 5.47. The van der Waals surface area contributed by atoms with Gasteiger partial charge in [0.1, 0.15) is 0 Å². The van der Waals surface area contributed by atoms with Crippen LogP contribution in [0.25, 0.3) is 0 Å². The molecule has 2 saturated heterocycles. The molecule has 0 aliphatic carbocycles. The molecule has 7 heteroatoms. The van der Waals surface area contributed by atoms with Gasteiger partial charge in [-0.2, -0.15) is 4.31 Å². The van der Waals surface area contributed by atoms with Crippen LogP contribution in [0.1, 0.15) is 54.4 Å². The van der Waals surface area contributed by atoms with Gasteiger partial charge in [-0.15, -0.1) is 0 Å². The third-order valence-corrected chi connectivity index (χ3v) is 6.62. The molecule has 1 atom stereocenters. The average molecular weight is 331 g/mol. The van der Waals surface area contributed by atoms with Gasteiger partial charge in [0.2, 0.25) is 10.0 Å². The van der Waals surface area contributed by atoms with Crippen molar-refractivity contribution in [3.63, 3.8) is 0 Å². The SMILES string of the molecule is CC1(C)CCC(CB2OC(C)(C)C(C)(C)O2)N(S(C)(=O)=O)C1. The summed E-state index contributed by atoms with van der Waals surface area (Å²) in [7, 11) is -3.57. The Hall–Kier alpha value is -0.105. The summed E-state index contributed by atoms with van der Waals surface area (Å²) < 4.78 is 38.0. The van der Waals surface area contributed by atoms with Crippen molar-refractivity contribution in [1.82, 2.24) is 4.31 Å². The molecule has 0 radical (unpaired) electrons. The fourth-order valence-corrected chi connectivity index (χ4v) is 4.56. The van der Waals surface area contributed by atoms with Crippen molar-refractivity contribution in [3.8, 4) is 0 Å². The zero-order valence-electron chi connectivity index (χ0n) is 15.0. The predicted octanol–water partition coefficient (Wildman–Crippen LogP) is 2.53. The molecule has 128 valence electrons. The van der Waals surface area contributed by atoms with Gasteiger partial charge in [0, 0.05) is 12.6 Å². The molecule has 0 aromatic heterocycles. The fourth-order valence-electron chi connectivity index (χ4n) is 3.24. The molecular formula is C15H30BNO4S. The van der Waals surface area contributed by atoms with Gasteiger partial charge in [-0.25, -0.2) is 8.42 Å². The van der Waals surface area contributed by atoms with Crippen molar-refractivity contribution in [2.75, 3.05) is 12.8 Å². The highest BCUT2D eigenvalue weighted by Crippen LogP contribution is 2.41. The monoisotopic (exact) mass is 331 g/mol. The maximum Gasteiger partial charge on any atom is 0.459 e. The van der Waals surface area contributed by atoms with Crippen LogP contribution in [0.15, 0.2) is 0 Å². The molecule has 0 bridgehead atoms. The van der Waals surface area contributed by atoms with E-state index in [1.54, 1.807) is 4.31 Å². The largest absolute Gasteiger partial charge is 0.459 e. The predicted molar refractivity (Wildman–Crippen MR) is 89.2 cm³/mol. The van der Waals surface area contributed by atoms with E-state index in [0.717, 1.165) is 12.8 Å². The van der Waals surface area contributed by atoms with Crippen molar-refractivity contribution < 1.29 is 17.7 Å². The van der Waals surface area contributed by atoms with Crippen LogP contribution in [-0.2, 0) is 19.3 Å². The van der Waals surface area contributed by atoms with Crippen LogP contribution < -0.4 is 0 Å². The highest BCUT2D eigenvalue weighted by Gasteiger charge is 2.52. The Bertz CT molecular complexity index is 514. The molecule has 2 aliphatic rings. The van der Waals surface area contributed by atoms with Crippen LogP contribution in [0.2, 0.25) is 6.32 Å². The zero-order valence-corrected chi connectivity index (χ0v) is 15.8. The van der Waals surface area contributed by atoms with E-state index in [-0.39, 0.29) is 29.8 Å². The Labute approximate surface area is 135 Å². The van der Waals surface area contributed by atoms with Gasteiger partial charge < -0.3 is 9.31 Å². The number of hydrogen-bond donors (Lipinski definition) is 0. The molecule has 0 N–H and O–H groups in total. The van der Waals surface area contributed by atoms with Crippen molar-refractivity contribution in [3.05, 3.63) is 0 Å². The number of hydrogen-bond acceptors (Lipinski definition) is 4. The second-order valence-electron chi connectivity index (χ2n) is 8.59. The molecule has 0 saturated carbocycles. The van der Waals surface area contributed by atoms with E-state index >= 15 is 0 Å². The Morgan fingerprint density at radius 3 is 2.05 bits per heavy atom. The lowest BCUT2D eigenvalue weighted by Crippen LogP contribution is -2.50. The molecule has 22 heavy (non-hydrogen) atoms. The molecule has 0 aromatic carbocycles. The summed E-state index contributed by atoms with van der Waals surface area (Å²) in [6.45, 7) is 12.9. The van der Waals surface area contributed by atoms with E-state index in [4.69, 9.17) is 9.31 Å². The van der Waals surface area contributed by atoms with Crippen LogP contribution in [-0.4, -0.2) is 49.9 Å². The molecule has 2 rings (SSSR count). The summed E-state index contributed by atoms with van der Waals surface area (Å²) in [5.41, 5.74) is -0.724. The van der Waals surface area contributed by atoms with Gasteiger partial charge in [-0.05, 0) is 52.3 Å². The second-order valence-corrected chi connectivity index (χ2v) is 10.5. The first kappa shape index (κ1) is 18.2. The van der Waals surface area contributed by atoms with E-state index < -0.39 is 10.0 Å². The third-order valence-electron chi connectivity index (χ3n) is 5.34. The van der Waals surface area contributed by atoms with Crippen LogP contribution in [0.4, 0.5) is 0 Å². The van der Waals surface area contributed by atoms with Crippen molar-refractivity contribution in [2.24, 2.45) is 5.41 Å². The maximum atomic E-state index is 12.2. The first-order valence-electron chi connectivity index (χ1n) is 8.06. The van der Waals surface area contributed by atoms with Crippen LogP contribution in [0.3, 0.4) is 0 Å². The quantitative estimate of drug-likeness (QED) is 0.746. The molecule has 2 heterocycles. The Kier molecular flexibility index (Phi) is 4.53. The zero-order chi connectivity index (χ0) is 17.0. The smallest absolute Gasteiger partial charge is 0.403 e. The van der Waals surface area contributed by atoms with Crippen molar-refractivity contribution in [1.29, 1.82) is 0 Å². The van der Waals surface area contributed by atoms with E-state index in [9.17, 15) is 8.42 Å². The number of rotatable bonds is 3. The summed E-state index contributed by atoms with van der Waals surface area (Å²) in [5, 5.41) is 0. The minimum Gasteiger partial charge on any atom is -0.403 e. The van der Waals surface area contributed by atoms with Crippen molar-refractivity contribution in [2.45, 2.75) is 77.9 Å². The molecule has 5 nitrogen and oxygen atoms in total. The van der Waals surface area contributed by atoms with Gasteiger partial charge in [0.05, 0.1) is 17.5 Å². The fraction of sp³-hybridized carbons (Fsp3) is 1.00. The van der Waals surface area contributed by atoms with E-state index in [2.05, 4.69) is 13.8 Å². The lowest BCUT2D eigenvalue weighted by atomic mass is 9.74. The third kappa shape index (κ3) is 3.69. The minimum absolute atomic E-state index is 0.0233. The van der Waals surface area contributed by atoms with Gasteiger partial charge in [0.15, 0.2) is 0 Å². The first-order chi connectivity index (χ1) is 9.74. The molecule has 0 aromatic rings. The van der Waals surface area contributed by atoms with Gasteiger partial charge in [-0.3, -0.25) is 0 Å². The Balaban J connectivity index is 2.12. The highest BCUT2D eigenvalue weighted by molar-refractivity contribution is 7.88. The van der Waals surface area contributed by atoms with Gasteiger partial charge >= 0.3 is 7.12 Å². The molecule has 0 amide bonds. The standard InChI is InChI=1S/C15H30BNO4S/c1-13(2)9-8-12(17(11-13)22(7,18)19)10-16-20-14(3,4)15(5,6)21-16/h12H,8-11H2,1-7H3. The van der Waals surface area contributed by atoms with E-state index in [1.807, 2.05) is 27.7 Å². The summed E-state index contributed by atoms with van der Waals surface area (Å²) in [5.74, 6) is 0. The summed E-state index contributed by atoms with van der Waals surface area (Å²) in [6, 6.07) is -0.0438. The first-order valence-corrected chi connectivity index (χ1v) is 9.91. The lowest BCUT2D eigenvalue weighted by molar-refractivity contribution is 0.00578. The average Bonchev–Trinajstić information content (AvgIpc) is 2.48. The molecular weight excluding hydrogens is 301 g/mol. The molecule has 0 spiro atoms. The number of sulfonamides is 1. The summed E-state index contributed by atoms with van der Waals surface area (Å²) >= 11 is 0. The Morgan fingerprint density at radius 2 is 1.59 bits per heavy atom. The summed E-state index contributed by atoms with van der Waals surface area (Å²) in [6.07, 6.45) is 3.76. The number of nitrogens with zero attached hydrogens (tertiary/aromatic N) is 1. The van der Waals surface area contributed by atoms with Gasteiger partial charge in [-0.1, -0.05) is 13.8 Å². The highest BCUT2D eigenvalue weighted by atomic mass is 32.2. The van der Waals surface area contributed by atoms with Crippen LogP contribution in [0, 0.1) is 5.41 Å². The van der Waals surface area contributed by atoms with Crippen molar-refractivity contribution >= 4 is 17.1 Å². The van der Waals surface area contributed by atoms with E-state index in [1.165, 1.54) is 6.26 Å². The minimum atomic E-state index is -3.22. The topological polar surface area (TPSA) is 55.8 Å². The summed E-state index contributed by atoms with van der Waals surface area (Å²) in [4.78, 5) is 0. The number of piperidine rings is 1. The van der Waals surface area contributed by atoms with Crippen LogP contribution in [0.5, 0.6) is 0 Å². The Morgan fingerprint density at radius 1 is 1.09 bits per heavy atom. The molecule has 2 aliphatic heterocycles.